The van der Waals surface area contributed by atoms with Crippen molar-refractivity contribution >= 4 is 39.3 Å². The first-order chi connectivity index (χ1) is 13.5. The topological polar surface area (TPSA) is 68.4 Å². The van der Waals surface area contributed by atoms with E-state index in [2.05, 4.69) is 27.9 Å². The zero-order valence-corrected chi connectivity index (χ0v) is 15.8. The first-order valence-electron chi connectivity index (χ1n) is 8.85. The minimum Gasteiger partial charge on any atom is -0.466 e. The van der Waals surface area contributed by atoms with E-state index < -0.39 is 11.9 Å². The van der Waals surface area contributed by atoms with Crippen LogP contribution in [0.1, 0.15) is 11.1 Å². The van der Waals surface area contributed by atoms with E-state index in [0.717, 1.165) is 39.2 Å². The molecule has 0 amide bonds. The number of methoxy groups -OCH3 is 2. The van der Waals surface area contributed by atoms with E-state index in [-0.39, 0.29) is 5.57 Å². The fraction of sp³-hybridized carbons (Fsp3) is 0.130. The van der Waals surface area contributed by atoms with Gasteiger partial charge in [-0.25, -0.2) is 9.59 Å². The largest absolute Gasteiger partial charge is 0.466 e. The van der Waals surface area contributed by atoms with Crippen molar-refractivity contribution in [2.75, 3.05) is 14.2 Å². The lowest BCUT2D eigenvalue weighted by Gasteiger charge is -2.02. The average Bonchev–Trinajstić information content (AvgIpc) is 3.27. The lowest BCUT2D eigenvalue weighted by Crippen LogP contribution is -2.06. The Morgan fingerprint density at radius 2 is 1.75 bits per heavy atom. The van der Waals surface area contributed by atoms with Gasteiger partial charge >= 0.3 is 11.9 Å². The zero-order valence-electron chi connectivity index (χ0n) is 15.8. The summed E-state index contributed by atoms with van der Waals surface area (Å²) in [5.74, 6) is -1.19. The third-order valence-corrected chi connectivity index (χ3v) is 5.06. The number of nitrogens with one attached hydrogen (secondary N) is 1. The molecule has 1 aromatic carbocycles. The first-order valence-corrected chi connectivity index (χ1v) is 8.85. The number of aryl methyl sites for hydroxylation is 1. The van der Waals surface area contributed by atoms with Crippen molar-refractivity contribution in [2.24, 2.45) is 0 Å². The van der Waals surface area contributed by atoms with Gasteiger partial charge in [0.15, 0.2) is 0 Å². The van der Waals surface area contributed by atoms with Gasteiger partial charge in [-0.15, -0.1) is 0 Å². The molecular weight excluding hydrogens is 354 g/mol. The van der Waals surface area contributed by atoms with Gasteiger partial charge in [0.25, 0.3) is 0 Å². The van der Waals surface area contributed by atoms with Crippen LogP contribution in [0.4, 0.5) is 0 Å². The molecule has 5 nitrogen and oxygen atoms in total. The van der Waals surface area contributed by atoms with Gasteiger partial charge in [-0.2, -0.15) is 0 Å². The molecule has 1 heterocycles. The van der Waals surface area contributed by atoms with E-state index in [9.17, 15) is 9.59 Å². The van der Waals surface area contributed by atoms with Crippen molar-refractivity contribution in [1.82, 2.24) is 4.98 Å². The van der Waals surface area contributed by atoms with Crippen LogP contribution in [0, 0.1) is 6.92 Å². The van der Waals surface area contributed by atoms with E-state index in [1.807, 2.05) is 37.3 Å². The lowest BCUT2D eigenvalue weighted by molar-refractivity contribution is -0.136. The van der Waals surface area contributed by atoms with E-state index in [1.165, 1.54) is 19.6 Å². The number of aromatic amines is 1. The van der Waals surface area contributed by atoms with Crippen molar-refractivity contribution < 1.29 is 19.1 Å². The van der Waals surface area contributed by atoms with Crippen LogP contribution in [0.25, 0.3) is 38.5 Å². The number of hydrogen-bond acceptors (Lipinski definition) is 4. The van der Waals surface area contributed by atoms with Gasteiger partial charge in [-0.05, 0) is 47.4 Å². The molecule has 0 spiro atoms. The summed E-state index contributed by atoms with van der Waals surface area (Å²) in [5, 5.41) is 2.31. The molecule has 0 bridgehead atoms. The van der Waals surface area contributed by atoms with Gasteiger partial charge in [-0.3, -0.25) is 0 Å². The molecule has 2 aliphatic carbocycles. The molecule has 1 N–H and O–H groups in total. The number of rotatable bonds is 3. The normalized spacial score (nSPS) is 11.9. The summed E-state index contributed by atoms with van der Waals surface area (Å²) in [6, 6.07) is 16.1. The molecule has 4 rings (SSSR count). The summed E-state index contributed by atoms with van der Waals surface area (Å²) in [4.78, 5) is 27.4. The smallest absolute Gasteiger partial charge is 0.338 e. The molecule has 140 valence electrons. The van der Waals surface area contributed by atoms with Crippen molar-refractivity contribution in [3.8, 4) is 11.1 Å². The number of esters is 2. The quantitative estimate of drug-likeness (QED) is 0.425. The van der Waals surface area contributed by atoms with Gasteiger partial charge in [0.2, 0.25) is 0 Å². The second-order valence-corrected chi connectivity index (χ2v) is 6.60. The predicted molar refractivity (Wildman–Crippen MR) is 109 cm³/mol. The lowest BCUT2D eigenvalue weighted by atomic mass is 10.1. The summed E-state index contributed by atoms with van der Waals surface area (Å²) in [5.41, 5.74) is 5.94. The SMILES string of the molecule is COC(=O)/C=C(/C(=O)OC)c1cc2ccc3c([nH]c4ccccc43)c(C)c-2c1. The third kappa shape index (κ3) is 2.81. The van der Waals surface area contributed by atoms with E-state index >= 15 is 0 Å². The molecule has 2 aliphatic rings. The Labute approximate surface area is 161 Å². The molecule has 0 unspecified atom stereocenters. The number of carbonyl (C=O) groups excluding carboxylic acids is 2. The van der Waals surface area contributed by atoms with Crippen LogP contribution in [0.2, 0.25) is 0 Å². The van der Waals surface area contributed by atoms with Crippen LogP contribution < -0.4 is 0 Å². The molecular formula is C23H19NO4. The molecule has 5 heteroatoms. The second kappa shape index (κ2) is 6.85. The van der Waals surface area contributed by atoms with Crippen LogP contribution in [0.5, 0.6) is 0 Å². The monoisotopic (exact) mass is 373 g/mol. The number of benzene rings is 1. The summed E-state index contributed by atoms with van der Waals surface area (Å²) in [6.45, 7) is 2.05. The number of H-pyrrole nitrogens is 1. The van der Waals surface area contributed by atoms with E-state index in [0.29, 0.717) is 5.56 Å². The van der Waals surface area contributed by atoms with Crippen LogP contribution in [0.3, 0.4) is 0 Å². The fourth-order valence-electron chi connectivity index (χ4n) is 3.63. The maximum Gasteiger partial charge on any atom is 0.338 e. The molecule has 0 saturated heterocycles. The van der Waals surface area contributed by atoms with Crippen molar-refractivity contribution in [1.29, 1.82) is 0 Å². The van der Waals surface area contributed by atoms with E-state index in [1.54, 1.807) is 0 Å². The Bertz CT molecular complexity index is 1230. The maximum absolute atomic E-state index is 12.2. The van der Waals surface area contributed by atoms with Crippen molar-refractivity contribution in [3.63, 3.8) is 0 Å². The molecule has 0 fully saturated rings. The average molecular weight is 373 g/mol. The molecule has 0 saturated carbocycles. The molecule has 1 aromatic heterocycles. The van der Waals surface area contributed by atoms with E-state index in [4.69, 9.17) is 4.74 Å². The van der Waals surface area contributed by atoms with Crippen molar-refractivity contribution in [3.05, 3.63) is 65.7 Å². The summed E-state index contributed by atoms with van der Waals surface area (Å²) >= 11 is 0. The number of aromatic nitrogens is 1. The molecule has 28 heavy (non-hydrogen) atoms. The van der Waals surface area contributed by atoms with Crippen LogP contribution >= 0.6 is 0 Å². The highest BCUT2D eigenvalue weighted by Gasteiger charge is 2.20. The van der Waals surface area contributed by atoms with Gasteiger partial charge < -0.3 is 14.5 Å². The highest BCUT2D eigenvalue weighted by molar-refractivity contribution is 6.21. The van der Waals surface area contributed by atoms with Crippen LogP contribution in [-0.4, -0.2) is 31.1 Å². The highest BCUT2D eigenvalue weighted by Crippen LogP contribution is 2.37. The Kier molecular flexibility index (Phi) is 4.35. The third-order valence-electron chi connectivity index (χ3n) is 5.06. The molecule has 2 aromatic rings. The number of fused-ring (bicyclic) bond motifs is 4. The summed E-state index contributed by atoms with van der Waals surface area (Å²) < 4.78 is 9.52. The first kappa shape index (κ1) is 17.8. The highest BCUT2D eigenvalue weighted by atomic mass is 16.5. The zero-order chi connectivity index (χ0) is 19.8. The van der Waals surface area contributed by atoms with Crippen LogP contribution in [0.15, 0.2) is 54.6 Å². The Hall–Kier alpha value is -3.60. The predicted octanol–water partition coefficient (Wildman–Crippen LogP) is 4.46. The minimum atomic E-state index is -0.606. The van der Waals surface area contributed by atoms with Crippen LogP contribution in [-0.2, 0) is 19.1 Å². The Balaban J connectivity index is 1.97. The number of carbonyl (C=O) groups is 2. The second-order valence-electron chi connectivity index (χ2n) is 6.60. The molecule has 0 radical (unpaired) electrons. The molecule has 0 atom stereocenters. The Morgan fingerprint density at radius 3 is 2.50 bits per heavy atom. The standard InChI is InChI=1S/C23H19NO4/c1-13-18-11-15(19(23(26)28-3)12-21(25)27-2)10-14(18)8-9-17-16-6-4-5-7-20(16)24-22(13)17/h4-12,24H,1-3H3/b19-12+. The summed E-state index contributed by atoms with van der Waals surface area (Å²) in [6.07, 6.45) is 1.16. The molecule has 0 aliphatic heterocycles. The fourth-order valence-corrected chi connectivity index (χ4v) is 3.63. The maximum atomic E-state index is 12.2. The van der Waals surface area contributed by atoms with Gasteiger partial charge in [-0.1, -0.05) is 30.3 Å². The van der Waals surface area contributed by atoms with Gasteiger partial charge in [0.05, 0.1) is 25.3 Å². The Morgan fingerprint density at radius 1 is 0.964 bits per heavy atom. The van der Waals surface area contributed by atoms with Gasteiger partial charge in [0.1, 0.15) is 0 Å². The number of para-hydroxylation sites is 1. The summed E-state index contributed by atoms with van der Waals surface area (Å²) in [7, 11) is 2.56. The van der Waals surface area contributed by atoms with Gasteiger partial charge in [0, 0.05) is 22.4 Å². The number of ether oxygens (including phenoxy) is 2. The van der Waals surface area contributed by atoms with Crippen molar-refractivity contribution in [2.45, 2.75) is 6.92 Å². The number of hydrogen-bond donors (Lipinski definition) is 1. The minimum absolute atomic E-state index is 0.167.